The Morgan fingerprint density at radius 3 is 2.36 bits per heavy atom. The number of benzene rings is 1. The van der Waals surface area contributed by atoms with Crippen molar-refractivity contribution in [2.75, 3.05) is 31.1 Å². The summed E-state index contributed by atoms with van der Waals surface area (Å²) in [6.45, 7) is 4.44. The van der Waals surface area contributed by atoms with Crippen LogP contribution in [0.25, 0.3) is 0 Å². The van der Waals surface area contributed by atoms with Crippen molar-refractivity contribution in [2.45, 2.75) is 24.0 Å². The molecule has 6 nitrogen and oxygen atoms in total. The first kappa shape index (κ1) is 20.6. The molecule has 1 atom stereocenters. The molecule has 1 aromatic heterocycles. The van der Waals surface area contributed by atoms with Gasteiger partial charge in [0, 0.05) is 50.3 Å². The first-order chi connectivity index (χ1) is 13.1. The highest BCUT2D eigenvalue weighted by molar-refractivity contribution is 7.89. The smallest absolute Gasteiger partial charge is 0.369 e. The van der Waals surface area contributed by atoms with Gasteiger partial charge >= 0.3 is 6.18 Å². The van der Waals surface area contributed by atoms with Gasteiger partial charge in [0.05, 0.1) is 10.5 Å². The summed E-state index contributed by atoms with van der Waals surface area (Å²) in [6, 6.07) is 7.17. The van der Waals surface area contributed by atoms with E-state index in [0.717, 1.165) is 17.7 Å². The van der Waals surface area contributed by atoms with Crippen LogP contribution in [-0.4, -0.2) is 44.5 Å². The molecule has 0 saturated carbocycles. The van der Waals surface area contributed by atoms with Crippen LogP contribution >= 0.6 is 0 Å². The number of pyridine rings is 1. The summed E-state index contributed by atoms with van der Waals surface area (Å²) in [4.78, 5) is 7.26. The average molecular weight is 414 g/mol. The van der Waals surface area contributed by atoms with Crippen molar-refractivity contribution in [3.63, 3.8) is 0 Å². The molecule has 28 heavy (non-hydrogen) atoms. The normalized spacial score (nSPS) is 17.5. The number of nitrogens with two attached hydrogens (primary N) is 1. The number of primary sulfonamides is 1. The third kappa shape index (κ3) is 4.45. The molecule has 1 unspecified atom stereocenters. The zero-order valence-electron chi connectivity index (χ0n) is 15.2. The SMILES string of the molecule is CC(c1cccnc1)N1CCN(c2ccc(S(N)(=O)=O)c(C(F)(F)F)c2)CC1. The van der Waals surface area contributed by atoms with E-state index >= 15 is 0 Å². The van der Waals surface area contributed by atoms with Crippen LogP contribution in [-0.2, 0) is 16.2 Å². The molecule has 152 valence electrons. The Balaban J connectivity index is 1.77. The maximum Gasteiger partial charge on any atom is 0.417 e. The standard InChI is InChI=1S/C18H21F3N4O2S/c1-13(14-3-2-6-23-12-14)24-7-9-25(10-8-24)15-4-5-17(28(22,26)27)16(11-15)18(19,20)21/h2-6,11-13H,7-10H2,1H3,(H2,22,26,27). The Morgan fingerprint density at radius 1 is 1.14 bits per heavy atom. The van der Waals surface area contributed by atoms with Crippen molar-refractivity contribution >= 4 is 15.7 Å². The lowest BCUT2D eigenvalue weighted by molar-refractivity contribution is -0.139. The zero-order valence-corrected chi connectivity index (χ0v) is 16.0. The summed E-state index contributed by atoms with van der Waals surface area (Å²) in [5.41, 5.74) is 0.167. The molecule has 2 aromatic rings. The van der Waals surface area contributed by atoms with Crippen LogP contribution in [0.5, 0.6) is 0 Å². The van der Waals surface area contributed by atoms with Crippen molar-refractivity contribution in [3.05, 3.63) is 53.9 Å². The highest BCUT2D eigenvalue weighted by atomic mass is 32.2. The van der Waals surface area contributed by atoms with Gasteiger partial charge < -0.3 is 4.90 Å². The molecular formula is C18H21F3N4O2S. The number of rotatable bonds is 4. The summed E-state index contributed by atoms with van der Waals surface area (Å²) in [5, 5.41) is 4.94. The minimum absolute atomic E-state index is 0.145. The van der Waals surface area contributed by atoms with E-state index in [1.165, 1.54) is 6.07 Å². The highest BCUT2D eigenvalue weighted by Crippen LogP contribution is 2.36. The predicted molar refractivity (Wildman–Crippen MR) is 99.3 cm³/mol. The molecule has 0 amide bonds. The molecular weight excluding hydrogens is 393 g/mol. The monoisotopic (exact) mass is 414 g/mol. The van der Waals surface area contributed by atoms with E-state index in [1.54, 1.807) is 12.4 Å². The molecule has 0 bridgehead atoms. The Kier molecular flexibility index (Phi) is 5.64. The second-order valence-electron chi connectivity index (χ2n) is 6.71. The fourth-order valence-electron chi connectivity index (χ4n) is 3.39. The second kappa shape index (κ2) is 7.69. The first-order valence-electron chi connectivity index (χ1n) is 8.70. The van der Waals surface area contributed by atoms with E-state index in [-0.39, 0.29) is 6.04 Å². The molecule has 1 fully saturated rings. The molecule has 2 heterocycles. The van der Waals surface area contributed by atoms with Crippen LogP contribution in [0, 0.1) is 0 Å². The maximum atomic E-state index is 13.3. The van der Waals surface area contributed by atoms with Crippen LogP contribution in [0.15, 0.2) is 47.6 Å². The van der Waals surface area contributed by atoms with Crippen molar-refractivity contribution in [1.82, 2.24) is 9.88 Å². The molecule has 3 rings (SSSR count). The number of nitrogens with zero attached hydrogens (tertiary/aromatic N) is 3. The molecule has 0 aliphatic carbocycles. The van der Waals surface area contributed by atoms with Crippen molar-refractivity contribution in [2.24, 2.45) is 5.14 Å². The summed E-state index contributed by atoms with van der Waals surface area (Å²) < 4.78 is 63.0. The van der Waals surface area contributed by atoms with Gasteiger partial charge in [-0.3, -0.25) is 9.88 Å². The lowest BCUT2D eigenvalue weighted by atomic mass is 10.1. The zero-order chi connectivity index (χ0) is 20.5. The number of anilines is 1. The van der Waals surface area contributed by atoms with Gasteiger partial charge in [-0.1, -0.05) is 6.07 Å². The minimum atomic E-state index is -4.81. The third-order valence-corrected chi connectivity index (χ3v) is 5.94. The first-order valence-corrected chi connectivity index (χ1v) is 10.2. The van der Waals surface area contributed by atoms with E-state index in [0.29, 0.717) is 31.9 Å². The lowest BCUT2D eigenvalue weighted by Gasteiger charge is -2.39. The Labute approximate surface area is 161 Å². The summed E-state index contributed by atoms with van der Waals surface area (Å²) in [5.74, 6) is 0. The van der Waals surface area contributed by atoms with Crippen LogP contribution < -0.4 is 10.0 Å². The molecule has 1 aromatic carbocycles. The fourth-order valence-corrected chi connectivity index (χ4v) is 4.12. The number of alkyl halides is 3. The topological polar surface area (TPSA) is 79.5 Å². The molecule has 0 spiro atoms. The number of piperazine rings is 1. The van der Waals surface area contributed by atoms with Crippen molar-refractivity contribution in [1.29, 1.82) is 0 Å². The highest BCUT2D eigenvalue weighted by Gasteiger charge is 2.37. The number of hydrogen-bond acceptors (Lipinski definition) is 5. The molecule has 1 saturated heterocycles. The quantitative estimate of drug-likeness (QED) is 0.832. The van der Waals surface area contributed by atoms with Gasteiger partial charge in [-0.25, -0.2) is 13.6 Å². The van der Waals surface area contributed by atoms with Gasteiger partial charge in [-0.05, 0) is 36.8 Å². The van der Waals surface area contributed by atoms with Gasteiger partial charge in [0.2, 0.25) is 10.0 Å². The van der Waals surface area contributed by atoms with E-state index in [1.807, 2.05) is 17.0 Å². The van der Waals surface area contributed by atoms with Gasteiger partial charge in [-0.15, -0.1) is 0 Å². The van der Waals surface area contributed by atoms with Crippen molar-refractivity contribution in [3.8, 4) is 0 Å². The van der Waals surface area contributed by atoms with E-state index in [4.69, 9.17) is 5.14 Å². The Bertz CT molecular complexity index is 928. The number of aromatic nitrogens is 1. The Hall–Kier alpha value is -2.17. The minimum Gasteiger partial charge on any atom is -0.369 e. The largest absolute Gasteiger partial charge is 0.417 e. The van der Waals surface area contributed by atoms with Gasteiger partial charge in [-0.2, -0.15) is 13.2 Å². The molecule has 1 aliphatic rings. The number of sulfonamides is 1. The molecule has 1 aliphatic heterocycles. The van der Waals surface area contributed by atoms with E-state index < -0.39 is 26.7 Å². The number of hydrogen-bond donors (Lipinski definition) is 1. The second-order valence-corrected chi connectivity index (χ2v) is 8.24. The van der Waals surface area contributed by atoms with E-state index in [9.17, 15) is 21.6 Å². The predicted octanol–water partition coefficient (Wildman–Crippen LogP) is 2.63. The summed E-state index contributed by atoms with van der Waals surface area (Å²) >= 11 is 0. The van der Waals surface area contributed by atoms with Crippen LogP contribution in [0.3, 0.4) is 0 Å². The Morgan fingerprint density at radius 2 is 1.82 bits per heavy atom. The molecule has 0 radical (unpaired) electrons. The number of halogens is 3. The molecule has 10 heteroatoms. The van der Waals surface area contributed by atoms with Gasteiger partial charge in [0.25, 0.3) is 0 Å². The third-order valence-electron chi connectivity index (χ3n) is 4.97. The summed E-state index contributed by atoms with van der Waals surface area (Å²) in [6.07, 6.45) is -1.30. The maximum absolute atomic E-state index is 13.3. The fraction of sp³-hybridized carbons (Fsp3) is 0.389. The summed E-state index contributed by atoms with van der Waals surface area (Å²) in [7, 11) is -4.47. The lowest BCUT2D eigenvalue weighted by Crippen LogP contribution is -2.47. The van der Waals surface area contributed by atoms with Gasteiger partial charge in [0.1, 0.15) is 0 Å². The molecule has 2 N–H and O–H groups in total. The van der Waals surface area contributed by atoms with Crippen LogP contribution in [0.1, 0.15) is 24.1 Å². The van der Waals surface area contributed by atoms with Crippen LogP contribution in [0.2, 0.25) is 0 Å². The van der Waals surface area contributed by atoms with Gasteiger partial charge in [0.15, 0.2) is 0 Å². The van der Waals surface area contributed by atoms with Crippen molar-refractivity contribution < 1.29 is 21.6 Å². The van der Waals surface area contributed by atoms with Crippen LogP contribution in [0.4, 0.5) is 18.9 Å². The van der Waals surface area contributed by atoms with E-state index in [2.05, 4.69) is 16.8 Å². The average Bonchev–Trinajstić information content (AvgIpc) is 2.66.